The Balaban J connectivity index is 1.82. The number of hydrogen-bond acceptors (Lipinski definition) is 3. The summed E-state index contributed by atoms with van der Waals surface area (Å²) in [7, 11) is 0. The predicted octanol–water partition coefficient (Wildman–Crippen LogP) is 1.47. The lowest BCUT2D eigenvalue weighted by Gasteiger charge is -2.17. The fourth-order valence-corrected chi connectivity index (χ4v) is 2.47. The smallest absolute Gasteiger partial charge is 0.253 e. The molecule has 2 atom stereocenters. The molecule has 2 N–H and O–H groups in total. The number of nitrogens with one attached hydrogen (secondary N) is 1. The van der Waals surface area contributed by atoms with Crippen molar-refractivity contribution >= 4 is 5.91 Å². The van der Waals surface area contributed by atoms with Crippen molar-refractivity contribution in [2.75, 3.05) is 0 Å². The highest BCUT2D eigenvalue weighted by molar-refractivity contribution is 5.94. The van der Waals surface area contributed by atoms with E-state index in [1.165, 1.54) is 6.20 Å². The number of carbonyl (C=O) groups is 1. The van der Waals surface area contributed by atoms with Gasteiger partial charge >= 0.3 is 0 Å². The number of nitrogens with zero attached hydrogens (tertiary/aromatic N) is 1. The Labute approximate surface area is 111 Å². The molecule has 2 aromatic rings. The molecule has 4 heteroatoms. The van der Waals surface area contributed by atoms with Crippen molar-refractivity contribution in [3.8, 4) is 0 Å². The van der Waals surface area contributed by atoms with Crippen molar-refractivity contribution in [1.29, 1.82) is 0 Å². The molecule has 1 amide bonds. The second-order valence-electron chi connectivity index (χ2n) is 4.66. The molecule has 0 aliphatic heterocycles. The van der Waals surface area contributed by atoms with Gasteiger partial charge in [0.25, 0.3) is 5.91 Å². The van der Waals surface area contributed by atoms with Gasteiger partial charge in [-0.15, -0.1) is 0 Å². The van der Waals surface area contributed by atoms with Crippen molar-refractivity contribution in [2.24, 2.45) is 0 Å². The van der Waals surface area contributed by atoms with E-state index in [9.17, 15) is 9.90 Å². The Kier molecular flexibility index (Phi) is 3.01. The van der Waals surface area contributed by atoms with Gasteiger partial charge in [0.05, 0.1) is 17.7 Å². The molecule has 1 aliphatic carbocycles. The minimum absolute atomic E-state index is 0.214. The van der Waals surface area contributed by atoms with Gasteiger partial charge < -0.3 is 10.4 Å². The van der Waals surface area contributed by atoms with E-state index in [2.05, 4.69) is 10.3 Å². The summed E-state index contributed by atoms with van der Waals surface area (Å²) in [6, 6.07) is 10.9. The zero-order valence-corrected chi connectivity index (χ0v) is 10.3. The van der Waals surface area contributed by atoms with Crippen LogP contribution in [0.25, 0.3) is 0 Å². The number of hydrogen-bond donors (Lipinski definition) is 2. The van der Waals surface area contributed by atoms with E-state index in [1.807, 2.05) is 24.3 Å². The van der Waals surface area contributed by atoms with Crippen LogP contribution in [0.1, 0.15) is 27.5 Å². The number of aliphatic hydroxyl groups is 1. The monoisotopic (exact) mass is 254 g/mol. The molecule has 1 aromatic heterocycles. The van der Waals surface area contributed by atoms with Crippen molar-refractivity contribution in [2.45, 2.75) is 18.6 Å². The lowest BCUT2D eigenvalue weighted by atomic mass is 10.1. The normalized spacial score (nSPS) is 20.9. The topological polar surface area (TPSA) is 62.2 Å². The zero-order valence-electron chi connectivity index (χ0n) is 10.3. The van der Waals surface area contributed by atoms with Crippen LogP contribution in [0, 0.1) is 0 Å². The fraction of sp³-hybridized carbons (Fsp3) is 0.200. The maximum Gasteiger partial charge on any atom is 0.253 e. The van der Waals surface area contributed by atoms with Gasteiger partial charge in [0.1, 0.15) is 0 Å². The minimum Gasteiger partial charge on any atom is -0.390 e. The molecule has 3 rings (SSSR count). The molecule has 19 heavy (non-hydrogen) atoms. The Morgan fingerprint density at radius 3 is 2.89 bits per heavy atom. The van der Waals surface area contributed by atoms with Gasteiger partial charge in [0, 0.05) is 18.8 Å². The second kappa shape index (κ2) is 4.82. The van der Waals surface area contributed by atoms with E-state index < -0.39 is 6.10 Å². The van der Waals surface area contributed by atoms with Gasteiger partial charge in [0.15, 0.2) is 0 Å². The maximum absolute atomic E-state index is 12.1. The van der Waals surface area contributed by atoms with E-state index in [0.717, 1.165) is 11.1 Å². The van der Waals surface area contributed by atoms with Crippen LogP contribution in [0.5, 0.6) is 0 Å². The molecule has 0 radical (unpaired) electrons. The molecule has 0 unspecified atom stereocenters. The number of benzene rings is 1. The third-order valence-electron chi connectivity index (χ3n) is 3.41. The van der Waals surface area contributed by atoms with Crippen LogP contribution in [0.2, 0.25) is 0 Å². The van der Waals surface area contributed by atoms with Gasteiger partial charge in [0.2, 0.25) is 0 Å². The molecule has 0 saturated heterocycles. The highest BCUT2D eigenvalue weighted by Gasteiger charge is 2.31. The molecule has 4 nitrogen and oxygen atoms in total. The van der Waals surface area contributed by atoms with E-state index in [4.69, 9.17) is 0 Å². The third-order valence-corrected chi connectivity index (χ3v) is 3.41. The Hall–Kier alpha value is -2.20. The van der Waals surface area contributed by atoms with Gasteiger partial charge in [-0.2, -0.15) is 0 Å². The van der Waals surface area contributed by atoms with Crippen LogP contribution in [-0.4, -0.2) is 22.1 Å². The summed E-state index contributed by atoms with van der Waals surface area (Å²) in [5.74, 6) is -0.214. The van der Waals surface area contributed by atoms with Crippen LogP contribution >= 0.6 is 0 Å². The van der Waals surface area contributed by atoms with Gasteiger partial charge in [-0.1, -0.05) is 24.3 Å². The molecule has 96 valence electrons. The van der Waals surface area contributed by atoms with Crippen molar-refractivity contribution in [3.05, 3.63) is 65.5 Å². The van der Waals surface area contributed by atoms with Crippen LogP contribution in [0.15, 0.2) is 48.8 Å². The Bertz CT molecular complexity index is 598. The molecule has 0 spiro atoms. The molecular weight excluding hydrogens is 240 g/mol. The number of pyridine rings is 1. The summed E-state index contributed by atoms with van der Waals surface area (Å²) in [4.78, 5) is 16.0. The SMILES string of the molecule is O=C(N[C@H]1c2ccccc2C[C@H]1O)c1cccnc1. The van der Waals surface area contributed by atoms with Crippen molar-refractivity contribution < 1.29 is 9.90 Å². The molecule has 1 aliphatic rings. The lowest BCUT2D eigenvalue weighted by Crippen LogP contribution is -2.33. The minimum atomic E-state index is -0.571. The highest BCUT2D eigenvalue weighted by Crippen LogP contribution is 2.31. The number of aliphatic hydroxyl groups excluding tert-OH is 1. The largest absolute Gasteiger partial charge is 0.390 e. The standard InChI is InChI=1S/C15H14N2O2/c18-13-8-10-4-1-2-6-12(10)14(13)17-15(19)11-5-3-7-16-9-11/h1-7,9,13-14,18H,8H2,(H,17,19)/t13-,14+/m1/s1. The molecule has 0 fully saturated rings. The molecular formula is C15H14N2O2. The first kappa shape index (κ1) is 11.9. The van der Waals surface area contributed by atoms with Crippen LogP contribution in [0.3, 0.4) is 0 Å². The molecule has 0 bridgehead atoms. The first-order valence-corrected chi connectivity index (χ1v) is 6.22. The van der Waals surface area contributed by atoms with Gasteiger partial charge in [-0.3, -0.25) is 9.78 Å². The summed E-state index contributed by atoms with van der Waals surface area (Å²) in [6.45, 7) is 0. The first-order chi connectivity index (χ1) is 9.25. The maximum atomic E-state index is 12.1. The average Bonchev–Trinajstić information content (AvgIpc) is 2.76. The van der Waals surface area contributed by atoms with E-state index >= 15 is 0 Å². The van der Waals surface area contributed by atoms with Gasteiger partial charge in [-0.25, -0.2) is 0 Å². The summed E-state index contributed by atoms with van der Waals surface area (Å²) >= 11 is 0. The summed E-state index contributed by atoms with van der Waals surface area (Å²) in [6.07, 6.45) is 3.14. The number of carbonyl (C=O) groups excluding carboxylic acids is 1. The number of rotatable bonds is 2. The third kappa shape index (κ3) is 2.22. The summed E-state index contributed by atoms with van der Waals surface area (Å²) in [5.41, 5.74) is 2.58. The van der Waals surface area contributed by atoms with E-state index in [0.29, 0.717) is 12.0 Å². The van der Waals surface area contributed by atoms with Crippen LogP contribution < -0.4 is 5.32 Å². The summed E-state index contributed by atoms with van der Waals surface area (Å²) < 4.78 is 0. The Morgan fingerprint density at radius 2 is 2.11 bits per heavy atom. The molecule has 1 heterocycles. The van der Waals surface area contributed by atoms with Crippen molar-refractivity contribution in [3.63, 3.8) is 0 Å². The van der Waals surface area contributed by atoms with Gasteiger partial charge in [-0.05, 0) is 23.3 Å². The average molecular weight is 254 g/mol. The highest BCUT2D eigenvalue weighted by atomic mass is 16.3. The zero-order chi connectivity index (χ0) is 13.2. The number of fused-ring (bicyclic) bond motifs is 1. The van der Waals surface area contributed by atoms with E-state index in [1.54, 1.807) is 18.3 Å². The van der Waals surface area contributed by atoms with Crippen molar-refractivity contribution in [1.82, 2.24) is 10.3 Å². The predicted molar refractivity (Wildman–Crippen MR) is 70.6 cm³/mol. The summed E-state index contributed by atoms with van der Waals surface area (Å²) in [5, 5.41) is 12.9. The molecule has 1 aromatic carbocycles. The van der Waals surface area contributed by atoms with E-state index in [-0.39, 0.29) is 11.9 Å². The Morgan fingerprint density at radius 1 is 1.26 bits per heavy atom. The lowest BCUT2D eigenvalue weighted by molar-refractivity contribution is 0.0858. The molecule has 0 saturated carbocycles. The first-order valence-electron chi connectivity index (χ1n) is 6.22. The second-order valence-corrected chi connectivity index (χ2v) is 4.66. The number of amides is 1. The van der Waals surface area contributed by atoms with Crippen LogP contribution in [0.4, 0.5) is 0 Å². The number of aromatic nitrogens is 1. The van der Waals surface area contributed by atoms with Crippen LogP contribution in [-0.2, 0) is 6.42 Å². The quantitative estimate of drug-likeness (QED) is 0.853. The fourth-order valence-electron chi connectivity index (χ4n) is 2.47.